The second-order valence-electron chi connectivity index (χ2n) is 8.06. The number of benzene rings is 2. The molecule has 1 aliphatic carbocycles. The number of carbonyl (C=O) groups excluding carboxylic acids is 1. The molecule has 146 valence electrons. The number of carbonyl (C=O) groups is 1. The molecule has 0 bridgehead atoms. The fraction of sp³-hybridized carbons (Fsp3) is 0.333. The van der Waals surface area contributed by atoms with E-state index in [1.54, 1.807) is 0 Å². The molecule has 0 heterocycles. The average molecular weight is 381 g/mol. The van der Waals surface area contributed by atoms with Crippen molar-refractivity contribution < 1.29 is 14.8 Å². The zero-order chi connectivity index (χ0) is 20.5. The largest absolute Gasteiger partial charge is 0.507 e. The number of phenolic OH excluding ortho intramolecular Hbond substituents is 1. The summed E-state index contributed by atoms with van der Waals surface area (Å²) in [5.41, 5.74) is 4.93. The van der Waals surface area contributed by atoms with Crippen LogP contribution in [0.15, 0.2) is 47.6 Å². The number of non-ortho nitro benzene ring substituents is 1. The molecule has 2 unspecified atom stereocenters. The Morgan fingerprint density at radius 1 is 1.25 bits per heavy atom. The smallest absolute Gasteiger partial charge is 0.270 e. The number of hydrogen-bond donors (Lipinski definition) is 2. The molecule has 7 nitrogen and oxygen atoms in total. The third-order valence-corrected chi connectivity index (χ3v) is 4.93. The minimum atomic E-state index is -0.560. The number of aromatic hydroxyl groups is 1. The maximum Gasteiger partial charge on any atom is 0.270 e. The molecule has 1 amide bonds. The standard InChI is InChI=1S/C21H23N3O4/c1-21(2,3)15-6-4-13(5-7-15)17-11-18(17)20(26)23-22-12-14-10-16(24(27)28)8-9-19(14)25/h4-10,12,17-18,25H,11H2,1-3H3,(H,23,26)/b22-12+. The number of nitrogens with one attached hydrogen (secondary N) is 1. The highest BCUT2D eigenvalue weighted by molar-refractivity contribution is 5.87. The number of hydrogen-bond acceptors (Lipinski definition) is 5. The monoisotopic (exact) mass is 381 g/mol. The highest BCUT2D eigenvalue weighted by atomic mass is 16.6. The molecule has 1 aliphatic rings. The molecule has 7 heteroatoms. The van der Waals surface area contributed by atoms with E-state index in [1.165, 1.54) is 30.0 Å². The molecular weight excluding hydrogens is 358 g/mol. The van der Waals surface area contributed by atoms with Crippen LogP contribution >= 0.6 is 0 Å². The summed E-state index contributed by atoms with van der Waals surface area (Å²) >= 11 is 0. The van der Waals surface area contributed by atoms with Crippen LogP contribution in [0.2, 0.25) is 0 Å². The first-order valence-electron chi connectivity index (χ1n) is 9.07. The van der Waals surface area contributed by atoms with Crippen LogP contribution in [0.1, 0.15) is 49.8 Å². The molecule has 0 aromatic heterocycles. The Hall–Kier alpha value is -3.22. The van der Waals surface area contributed by atoms with Crippen molar-refractivity contribution in [3.05, 3.63) is 69.3 Å². The van der Waals surface area contributed by atoms with E-state index in [9.17, 15) is 20.0 Å². The van der Waals surface area contributed by atoms with Crippen LogP contribution in [0.4, 0.5) is 5.69 Å². The van der Waals surface area contributed by atoms with Crippen molar-refractivity contribution in [3.63, 3.8) is 0 Å². The van der Waals surface area contributed by atoms with Gasteiger partial charge in [-0.15, -0.1) is 0 Å². The number of phenols is 1. The van der Waals surface area contributed by atoms with Crippen molar-refractivity contribution in [2.45, 2.75) is 38.5 Å². The van der Waals surface area contributed by atoms with Crippen LogP contribution in [0, 0.1) is 16.0 Å². The van der Waals surface area contributed by atoms with Gasteiger partial charge in [0.1, 0.15) is 5.75 Å². The first-order valence-corrected chi connectivity index (χ1v) is 9.07. The Morgan fingerprint density at radius 2 is 1.93 bits per heavy atom. The molecule has 0 aliphatic heterocycles. The molecule has 1 saturated carbocycles. The van der Waals surface area contributed by atoms with Crippen LogP contribution in [0.3, 0.4) is 0 Å². The molecule has 3 rings (SSSR count). The predicted octanol–water partition coefficient (Wildman–Crippen LogP) is 3.85. The zero-order valence-corrected chi connectivity index (χ0v) is 16.0. The van der Waals surface area contributed by atoms with Gasteiger partial charge in [-0.1, -0.05) is 45.0 Å². The third kappa shape index (κ3) is 4.36. The number of nitro groups is 1. The van der Waals surface area contributed by atoms with Gasteiger partial charge in [-0.05, 0) is 34.9 Å². The number of nitro benzene ring substituents is 1. The van der Waals surface area contributed by atoms with Crippen molar-refractivity contribution in [1.82, 2.24) is 5.43 Å². The molecule has 2 aromatic rings. The zero-order valence-electron chi connectivity index (χ0n) is 16.0. The SMILES string of the molecule is CC(C)(C)c1ccc(C2CC2C(=O)N/N=C/c2cc([N+](=O)[O-])ccc2O)cc1. The van der Waals surface area contributed by atoms with Gasteiger partial charge in [-0.3, -0.25) is 14.9 Å². The van der Waals surface area contributed by atoms with Gasteiger partial charge in [-0.2, -0.15) is 5.10 Å². The van der Waals surface area contributed by atoms with Gasteiger partial charge in [-0.25, -0.2) is 5.43 Å². The van der Waals surface area contributed by atoms with E-state index in [-0.39, 0.29) is 40.2 Å². The Bertz CT molecular complexity index is 930. The lowest BCUT2D eigenvalue weighted by atomic mass is 9.86. The second-order valence-corrected chi connectivity index (χ2v) is 8.06. The van der Waals surface area contributed by atoms with Gasteiger partial charge in [0.25, 0.3) is 5.69 Å². The number of amides is 1. The molecule has 0 saturated heterocycles. The van der Waals surface area contributed by atoms with Crippen LogP contribution in [0.25, 0.3) is 0 Å². The van der Waals surface area contributed by atoms with E-state index in [1.807, 2.05) is 0 Å². The molecule has 28 heavy (non-hydrogen) atoms. The molecule has 1 fully saturated rings. The summed E-state index contributed by atoms with van der Waals surface area (Å²) in [4.78, 5) is 22.5. The maximum atomic E-state index is 12.3. The molecule has 2 aromatic carbocycles. The van der Waals surface area contributed by atoms with E-state index in [0.29, 0.717) is 0 Å². The highest BCUT2D eigenvalue weighted by Crippen LogP contribution is 2.47. The van der Waals surface area contributed by atoms with Crippen LogP contribution in [0.5, 0.6) is 5.75 Å². The molecule has 2 N–H and O–H groups in total. The van der Waals surface area contributed by atoms with Crippen LogP contribution < -0.4 is 5.43 Å². The van der Waals surface area contributed by atoms with Gasteiger partial charge < -0.3 is 5.11 Å². The number of nitrogens with zero attached hydrogens (tertiary/aromatic N) is 2. The summed E-state index contributed by atoms with van der Waals surface area (Å²) in [6.07, 6.45) is 1.97. The van der Waals surface area contributed by atoms with Crippen molar-refractivity contribution in [2.24, 2.45) is 11.0 Å². The topological polar surface area (TPSA) is 105 Å². The van der Waals surface area contributed by atoms with Crippen LogP contribution in [-0.2, 0) is 10.2 Å². The van der Waals surface area contributed by atoms with E-state index in [0.717, 1.165) is 12.0 Å². The minimum absolute atomic E-state index is 0.0889. The average Bonchev–Trinajstić information content (AvgIpc) is 3.43. The molecule has 0 spiro atoms. The van der Waals surface area contributed by atoms with Crippen molar-refractivity contribution in [3.8, 4) is 5.75 Å². The Labute approximate surface area is 163 Å². The first-order chi connectivity index (χ1) is 13.2. The summed E-state index contributed by atoms with van der Waals surface area (Å²) in [6.45, 7) is 6.48. The molecule has 0 radical (unpaired) electrons. The minimum Gasteiger partial charge on any atom is -0.507 e. The molecular formula is C21H23N3O4. The second kappa shape index (κ2) is 7.42. The predicted molar refractivity (Wildman–Crippen MR) is 106 cm³/mol. The Morgan fingerprint density at radius 3 is 2.54 bits per heavy atom. The van der Waals surface area contributed by atoms with Gasteiger partial charge in [0, 0.05) is 23.6 Å². The van der Waals surface area contributed by atoms with Gasteiger partial charge in [0.15, 0.2) is 0 Å². The van der Waals surface area contributed by atoms with Crippen molar-refractivity contribution in [1.29, 1.82) is 0 Å². The Kier molecular flexibility index (Phi) is 5.18. The normalized spacial score (nSPS) is 18.8. The lowest BCUT2D eigenvalue weighted by Crippen LogP contribution is -2.20. The van der Waals surface area contributed by atoms with Crippen molar-refractivity contribution >= 4 is 17.8 Å². The van der Waals surface area contributed by atoms with E-state index >= 15 is 0 Å². The summed E-state index contributed by atoms with van der Waals surface area (Å²) in [7, 11) is 0. The van der Waals surface area contributed by atoms with Crippen LogP contribution in [-0.4, -0.2) is 22.2 Å². The number of rotatable bonds is 5. The number of hydrazone groups is 1. The fourth-order valence-corrected chi connectivity index (χ4v) is 3.09. The third-order valence-electron chi connectivity index (χ3n) is 4.93. The lowest BCUT2D eigenvalue weighted by molar-refractivity contribution is -0.384. The van der Waals surface area contributed by atoms with E-state index < -0.39 is 4.92 Å². The lowest BCUT2D eigenvalue weighted by Gasteiger charge is -2.19. The maximum absolute atomic E-state index is 12.3. The van der Waals surface area contributed by atoms with Gasteiger partial charge >= 0.3 is 0 Å². The highest BCUT2D eigenvalue weighted by Gasteiger charge is 2.44. The summed E-state index contributed by atoms with van der Waals surface area (Å²) < 4.78 is 0. The van der Waals surface area contributed by atoms with Gasteiger partial charge in [0.2, 0.25) is 5.91 Å². The fourth-order valence-electron chi connectivity index (χ4n) is 3.09. The molecule has 2 atom stereocenters. The Balaban J connectivity index is 1.59. The summed E-state index contributed by atoms with van der Waals surface area (Å²) in [6, 6.07) is 12.0. The summed E-state index contributed by atoms with van der Waals surface area (Å²) in [5.74, 6) is -0.315. The van der Waals surface area contributed by atoms with Crippen molar-refractivity contribution in [2.75, 3.05) is 0 Å². The quantitative estimate of drug-likeness (QED) is 0.466. The van der Waals surface area contributed by atoms with Gasteiger partial charge in [0.05, 0.1) is 11.1 Å². The summed E-state index contributed by atoms with van der Waals surface area (Å²) in [5, 5.41) is 24.4. The first kappa shape index (κ1) is 19.5. The van der Waals surface area contributed by atoms with E-state index in [4.69, 9.17) is 0 Å². The van der Waals surface area contributed by atoms with E-state index in [2.05, 4.69) is 55.6 Å².